The van der Waals surface area contributed by atoms with Crippen molar-refractivity contribution in [2.24, 2.45) is 0 Å². The van der Waals surface area contributed by atoms with Crippen molar-refractivity contribution in [3.63, 3.8) is 0 Å². The van der Waals surface area contributed by atoms with Gasteiger partial charge in [0, 0.05) is 49.5 Å². The van der Waals surface area contributed by atoms with Crippen LogP contribution in [0, 0.1) is 5.82 Å². The molecule has 0 bridgehead atoms. The highest BCUT2D eigenvalue weighted by atomic mass is 35.5. The molecular weight excluding hydrogens is 519 g/mol. The molecule has 35 heavy (non-hydrogen) atoms. The van der Waals surface area contributed by atoms with Crippen LogP contribution in [-0.4, -0.2) is 64.3 Å². The van der Waals surface area contributed by atoms with Gasteiger partial charge < -0.3 is 15.1 Å². The molecule has 0 saturated carbocycles. The van der Waals surface area contributed by atoms with E-state index in [1.165, 1.54) is 48.5 Å². The second-order valence-electron chi connectivity index (χ2n) is 7.75. The van der Waals surface area contributed by atoms with Crippen LogP contribution in [0.5, 0.6) is 0 Å². The lowest BCUT2D eigenvalue weighted by atomic mass is 10.1. The van der Waals surface area contributed by atoms with Crippen molar-refractivity contribution in [3.8, 4) is 0 Å². The molecule has 2 heterocycles. The third kappa shape index (κ3) is 6.88. The van der Waals surface area contributed by atoms with E-state index in [9.17, 15) is 27.2 Å². The van der Waals surface area contributed by atoms with Crippen molar-refractivity contribution in [2.45, 2.75) is 18.9 Å². The Hall–Kier alpha value is -2.80. The number of anilines is 1. The number of hydrogen-bond donors (Lipinski definition) is 2. The number of sulfonamides is 1. The monoisotopic (exact) mass is 542 g/mol. The fraction of sp³-hybridized carbons (Fsp3) is 0.318. The molecule has 1 aliphatic heterocycles. The highest BCUT2D eigenvalue weighted by Gasteiger charge is 2.36. The van der Waals surface area contributed by atoms with Crippen LogP contribution >= 0.6 is 22.9 Å². The minimum absolute atomic E-state index is 0.0509. The highest BCUT2D eigenvalue weighted by molar-refractivity contribution is 7.92. The Balaban J connectivity index is 1.65. The van der Waals surface area contributed by atoms with Gasteiger partial charge >= 0.3 is 0 Å². The maximum absolute atomic E-state index is 14.9. The van der Waals surface area contributed by atoms with E-state index in [2.05, 4.69) is 10.0 Å². The second-order valence-corrected chi connectivity index (χ2v) is 11.1. The fourth-order valence-corrected chi connectivity index (χ4v) is 5.48. The van der Waals surface area contributed by atoms with Crippen LogP contribution in [0.25, 0.3) is 6.08 Å². The van der Waals surface area contributed by atoms with Gasteiger partial charge in [-0.05, 0) is 42.8 Å². The average Bonchev–Trinajstić information content (AvgIpc) is 3.40. The first-order chi connectivity index (χ1) is 16.5. The van der Waals surface area contributed by atoms with Crippen molar-refractivity contribution >= 4 is 62.4 Å². The van der Waals surface area contributed by atoms with E-state index < -0.39 is 33.7 Å². The molecule has 0 spiro atoms. The summed E-state index contributed by atoms with van der Waals surface area (Å²) in [5, 5.41) is 3.41. The molecule has 188 valence electrons. The number of nitrogens with one attached hydrogen (secondary N) is 2. The smallest absolute Gasteiger partial charge is 0.253 e. The predicted octanol–water partition coefficient (Wildman–Crippen LogP) is 2.44. The van der Waals surface area contributed by atoms with Crippen molar-refractivity contribution in [1.82, 2.24) is 14.9 Å². The van der Waals surface area contributed by atoms with Gasteiger partial charge in [-0.3, -0.25) is 14.4 Å². The molecule has 0 unspecified atom stereocenters. The molecule has 3 rings (SSSR count). The standard InChI is InChI=1S/C22H24ClFN4O5S2/c1-25-20(29)8-10-27(2)21(30)14-3-5-18(16(24)13-14)28-11-7-17(22(28)31)26-35(32,33)12-9-15-4-6-19(23)34-15/h3-6,9,12-13,17,26H,7-8,10-11H2,1-2H3,(H,25,29)/b12-9+/t17-/m0/s1. The second kappa shape index (κ2) is 11.3. The Morgan fingerprint density at radius 3 is 2.69 bits per heavy atom. The number of nitrogens with zero attached hydrogens (tertiary/aromatic N) is 2. The molecule has 0 aliphatic carbocycles. The number of thiophene rings is 1. The summed E-state index contributed by atoms with van der Waals surface area (Å²) < 4.78 is 42.5. The number of halogens is 2. The Bertz CT molecular complexity index is 1260. The van der Waals surface area contributed by atoms with Gasteiger partial charge in [-0.1, -0.05) is 11.6 Å². The molecule has 2 aromatic rings. The zero-order chi connectivity index (χ0) is 25.8. The highest BCUT2D eigenvalue weighted by Crippen LogP contribution is 2.27. The van der Waals surface area contributed by atoms with Gasteiger partial charge in [0.25, 0.3) is 5.91 Å². The number of carbonyl (C=O) groups excluding carboxylic acids is 3. The van der Waals surface area contributed by atoms with Crippen molar-refractivity contribution < 1.29 is 27.2 Å². The van der Waals surface area contributed by atoms with E-state index in [1.807, 2.05) is 0 Å². The minimum atomic E-state index is -3.93. The van der Waals surface area contributed by atoms with E-state index in [0.29, 0.717) is 9.21 Å². The lowest BCUT2D eigenvalue weighted by Gasteiger charge is -2.20. The topological polar surface area (TPSA) is 116 Å². The Labute approximate surface area is 211 Å². The molecule has 1 aliphatic rings. The normalized spacial score (nSPS) is 16.2. The number of rotatable bonds is 9. The zero-order valence-corrected chi connectivity index (χ0v) is 21.3. The summed E-state index contributed by atoms with van der Waals surface area (Å²) in [6.07, 6.45) is 1.63. The molecule has 9 nitrogen and oxygen atoms in total. The lowest BCUT2D eigenvalue weighted by Crippen LogP contribution is -2.41. The molecule has 1 aromatic carbocycles. The number of hydrogen-bond acceptors (Lipinski definition) is 6. The molecule has 2 N–H and O–H groups in total. The summed E-state index contributed by atoms with van der Waals surface area (Å²) >= 11 is 7.04. The van der Waals surface area contributed by atoms with E-state index >= 15 is 0 Å². The third-order valence-corrected chi connectivity index (χ3v) is 7.61. The van der Waals surface area contributed by atoms with Crippen LogP contribution < -0.4 is 14.9 Å². The van der Waals surface area contributed by atoms with Gasteiger partial charge in [-0.15, -0.1) is 11.3 Å². The lowest BCUT2D eigenvalue weighted by molar-refractivity contribution is -0.121. The van der Waals surface area contributed by atoms with Crippen molar-refractivity contribution in [2.75, 3.05) is 32.1 Å². The third-order valence-electron chi connectivity index (χ3n) is 5.30. The summed E-state index contributed by atoms with van der Waals surface area (Å²) in [6.45, 7) is 0.259. The minimum Gasteiger partial charge on any atom is -0.359 e. The van der Waals surface area contributed by atoms with Crippen LogP contribution in [0.15, 0.2) is 35.7 Å². The predicted molar refractivity (Wildman–Crippen MR) is 133 cm³/mol. The molecule has 3 amide bonds. The van der Waals surface area contributed by atoms with Gasteiger partial charge in [-0.25, -0.2) is 12.8 Å². The molecule has 1 aromatic heterocycles. The van der Waals surface area contributed by atoms with Crippen molar-refractivity contribution in [1.29, 1.82) is 0 Å². The quantitative estimate of drug-likeness (QED) is 0.505. The zero-order valence-electron chi connectivity index (χ0n) is 19.0. The van der Waals surface area contributed by atoms with Gasteiger partial charge in [0.15, 0.2) is 0 Å². The summed E-state index contributed by atoms with van der Waals surface area (Å²) in [5.41, 5.74) is 0.0124. The van der Waals surface area contributed by atoms with Gasteiger partial charge in [0.05, 0.1) is 10.0 Å². The maximum atomic E-state index is 14.9. The van der Waals surface area contributed by atoms with E-state index in [-0.39, 0.29) is 43.1 Å². The summed E-state index contributed by atoms with van der Waals surface area (Å²) in [5.74, 6) is -2.09. The molecule has 1 saturated heterocycles. The summed E-state index contributed by atoms with van der Waals surface area (Å²) in [6, 6.07) is 5.97. The van der Waals surface area contributed by atoms with Crippen LogP contribution in [0.2, 0.25) is 4.34 Å². The van der Waals surface area contributed by atoms with Gasteiger partial charge in [-0.2, -0.15) is 4.72 Å². The summed E-state index contributed by atoms with van der Waals surface area (Å²) in [4.78, 5) is 39.8. The van der Waals surface area contributed by atoms with Crippen LogP contribution in [0.1, 0.15) is 28.1 Å². The first-order valence-corrected chi connectivity index (χ1v) is 13.3. The van der Waals surface area contributed by atoms with E-state index in [1.54, 1.807) is 12.1 Å². The van der Waals surface area contributed by atoms with E-state index in [4.69, 9.17) is 11.6 Å². The van der Waals surface area contributed by atoms with Gasteiger partial charge in [0.1, 0.15) is 11.9 Å². The molecule has 1 atom stereocenters. The molecule has 13 heteroatoms. The fourth-order valence-electron chi connectivity index (χ4n) is 3.42. The Morgan fingerprint density at radius 1 is 1.31 bits per heavy atom. The first kappa shape index (κ1) is 26.8. The SMILES string of the molecule is CNC(=O)CCN(C)C(=O)c1ccc(N2CC[C@H](NS(=O)(=O)/C=C/c3ccc(Cl)s3)C2=O)c(F)c1. The van der Waals surface area contributed by atoms with E-state index in [0.717, 1.165) is 16.4 Å². The average molecular weight is 543 g/mol. The first-order valence-electron chi connectivity index (χ1n) is 10.5. The van der Waals surface area contributed by atoms with Crippen LogP contribution in [-0.2, 0) is 19.6 Å². The van der Waals surface area contributed by atoms with Crippen LogP contribution in [0.3, 0.4) is 0 Å². The Kier molecular flexibility index (Phi) is 8.65. The molecule has 0 radical (unpaired) electrons. The maximum Gasteiger partial charge on any atom is 0.253 e. The number of carbonyl (C=O) groups is 3. The number of amides is 3. The van der Waals surface area contributed by atoms with Gasteiger partial charge in [0.2, 0.25) is 21.8 Å². The molecule has 1 fully saturated rings. The Morgan fingerprint density at radius 2 is 2.06 bits per heavy atom. The largest absolute Gasteiger partial charge is 0.359 e. The van der Waals surface area contributed by atoms with Crippen LogP contribution in [0.4, 0.5) is 10.1 Å². The number of benzene rings is 1. The van der Waals surface area contributed by atoms with Crippen molar-refractivity contribution in [3.05, 3.63) is 56.3 Å². The summed E-state index contributed by atoms with van der Waals surface area (Å²) in [7, 11) is -0.940. The molecular formula is C22H24ClFN4O5S2.